The fraction of sp³-hybridized carbons (Fsp3) is 0.409. The van der Waals surface area contributed by atoms with Gasteiger partial charge in [-0.1, -0.05) is 60.7 Å². The highest BCUT2D eigenvalue weighted by molar-refractivity contribution is 5.77. The average Bonchev–Trinajstić information content (AvgIpc) is 2.85. The minimum Gasteiger partial charge on any atom is -0.263 e. The Labute approximate surface area is 152 Å². The molecular formula is C22H30N3+. The molecule has 2 unspecified atom stereocenters. The number of hydrogen-bond donors (Lipinski definition) is 0. The highest BCUT2D eigenvalue weighted by Crippen LogP contribution is 2.41. The van der Waals surface area contributed by atoms with Gasteiger partial charge < -0.3 is 0 Å². The first-order valence-electron chi connectivity index (χ1n) is 8.98. The second-order valence-electron chi connectivity index (χ2n) is 7.96. The molecule has 0 saturated carbocycles. The van der Waals surface area contributed by atoms with Gasteiger partial charge in [0.25, 0.3) is 0 Å². The first-order chi connectivity index (χ1) is 11.8. The van der Waals surface area contributed by atoms with Crippen LogP contribution in [-0.2, 0) is 0 Å². The lowest BCUT2D eigenvalue weighted by Gasteiger charge is -2.31. The predicted molar refractivity (Wildman–Crippen MR) is 105 cm³/mol. The molecule has 3 nitrogen and oxygen atoms in total. The van der Waals surface area contributed by atoms with Crippen molar-refractivity contribution < 1.29 is 4.58 Å². The van der Waals surface area contributed by atoms with Crippen LogP contribution in [0, 0.1) is 0 Å². The summed E-state index contributed by atoms with van der Waals surface area (Å²) in [5.74, 6) is 1.26. The lowest BCUT2D eigenvalue weighted by atomic mass is 9.93. The van der Waals surface area contributed by atoms with Gasteiger partial charge in [0.15, 0.2) is 0 Å². The number of benzene rings is 2. The number of guanidine groups is 1. The standard InChI is InChI=1S/C22H30N3/c1-22(2,3)25(6)21-23(4)19(17-13-9-7-10-14-17)20(24(21)5)18-15-11-8-12-16-18/h7-16,19-20H,1-6H3/q+1. The molecule has 1 aliphatic heterocycles. The van der Waals surface area contributed by atoms with Gasteiger partial charge in [0.2, 0.25) is 0 Å². The molecule has 0 aliphatic carbocycles. The fourth-order valence-electron chi connectivity index (χ4n) is 3.81. The maximum atomic E-state index is 2.43. The Balaban J connectivity index is 2.13. The first-order valence-corrected chi connectivity index (χ1v) is 8.98. The Morgan fingerprint density at radius 1 is 0.880 bits per heavy atom. The summed E-state index contributed by atoms with van der Waals surface area (Å²) in [6.07, 6.45) is 0. The van der Waals surface area contributed by atoms with Gasteiger partial charge in [-0.2, -0.15) is 0 Å². The molecule has 2 aromatic rings. The zero-order chi connectivity index (χ0) is 18.2. The third-order valence-corrected chi connectivity index (χ3v) is 5.35. The Morgan fingerprint density at radius 2 is 1.36 bits per heavy atom. The lowest BCUT2D eigenvalue weighted by Crippen LogP contribution is -2.50. The molecule has 25 heavy (non-hydrogen) atoms. The molecule has 132 valence electrons. The molecule has 0 bridgehead atoms. The number of rotatable bonds is 2. The van der Waals surface area contributed by atoms with Crippen molar-refractivity contribution in [2.24, 2.45) is 0 Å². The van der Waals surface area contributed by atoms with Gasteiger partial charge in [0, 0.05) is 0 Å². The molecule has 2 atom stereocenters. The zero-order valence-electron chi connectivity index (χ0n) is 16.3. The second kappa shape index (κ2) is 6.55. The van der Waals surface area contributed by atoms with Crippen molar-refractivity contribution in [2.45, 2.75) is 38.4 Å². The summed E-state index contributed by atoms with van der Waals surface area (Å²) >= 11 is 0. The molecule has 2 aromatic carbocycles. The van der Waals surface area contributed by atoms with E-state index in [0.29, 0.717) is 0 Å². The third kappa shape index (κ3) is 3.15. The fourth-order valence-corrected chi connectivity index (χ4v) is 3.81. The smallest absolute Gasteiger partial charge is 0.263 e. The van der Waals surface area contributed by atoms with Crippen LogP contribution in [-0.4, -0.2) is 47.0 Å². The van der Waals surface area contributed by atoms with Crippen LogP contribution in [0.1, 0.15) is 44.0 Å². The van der Waals surface area contributed by atoms with Crippen molar-refractivity contribution in [3.05, 3.63) is 71.8 Å². The number of nitrogens with zero attached hydrogens (tertiary/aromatic N) is 3. The van der Waals surface area contributed by atoms with Crippen LogP contribution in [0.3, 0.4) is 0 Å². The quantitative estimate of drug-likeness (QED) is 0.762. The van der Waals surface area contributed by atoms with Crippen molar-refractivity contribution >= 4 is 5.96 Å². The van der Waals surface area contributed by atoms with Crippen molar-refractivity contribution in [2.75, 3.05) is 21.1 Å². The van der Waals surface area contributed by atoms with E-state index in [-0.39, 0.29) is 17.6 Å². The molecule has 3 rings (SSSR count). The third-order valence-electron chi connectivity index (χ3n) is 5.35. The SMILES string of the molecule is CN1C(N(C)C(C)(C)C)=[N+](C)C(c2ccccc2)C1c1ccccc1. The molecule has 0 aromatic heterocycles. The maximum Gasteiger partial charge on any atom is 0.351 e. The summed E-state index contributed by atoms with van der Waals surface area (Å²) < 4.78 is 2.43. The van der Waals surface area contributed by atoms with Gasteiger partial charge >= 0.3 is 5.96 Å². The van der Waals surface area contributed by atoms with Crippen LogP contribution in [0.2, 0.25) is 0 Å². The largest absolute Gasteiger partial charge is 0.351 e. The van der Waals surface area contributed by atoms with Gasteiger partial charge in [-0.3, -0.25) is 14.4 Å². The molecular weight excluding hydrogens is 306 g/mol. The Morgan fingerprint density at radius 3 is 1.84 bits per heavy atom. The topological polar surface area (TPSA) is 9.49 Å². The van der Waals surface area contributed by atoms with E-state index in [0.717, 1.165) is 0 Å². The van der Waals surface area contributed by atoms with E-state index >= 15 is 0 Å². The van der Waals surface area contributed by atoms with Crippen molar-refractivity contribution in [3.63, 3.8) is 0 Å². The summed E-state index contributed by atoms with van der Waals surface area (Å²) in [7, 11) is 6.63. The number of hydrogen-bond acceptors (Lipinski definition) is 2. The second-order valence-corrected chi connectivity index (χ2v) is 7.96. The summed E-state index contributed by atoms with van der Waals surface area (Å²) in [4.78, 5) is 4.81. The summed E-state index contributed by atoms with van der Waals surface area (Å²) in [5.41, 5.74) is 2.76. The minimum absolute atomic E-state index is 0.0602. The van der Waals surface area contributed by atoms with E-state index in [1.165, 1.54) is 17.1 Å². The first kappa shape index (κ1) is 17.5. The Kier molecular flexibility index (Phi) is 4.59. The van der Waals surface area contributed by atoms with E-state index in [9.17, 15) is 0 Å². The number of likely N-dealkylation sites (N-methyl/N-ethyl adjacent to an activating group) is 2. The average molecular weight is 337 g/mol. The van der Waals surface area contributed by atoms with Gasteiger partial charge in [-0.15, -0.1) is 0 Å². The molecule has 0 saturated heterocycles. The Bertz CT molecular complexity index is 744. The monoisotopic (exact) mass is 336 g/mol. The van der Waals surface area contributed by atoms with Crippen molar-refractivity contribution in [3.8, 4) is 0 Å². The minimum atomic E-state index is 0.0602. The Hall–Kier alpha value is -2.29. The molecule has 3 heteroatoms. The molecule has 0 amide bonds. The van der Waals surface area contributed by atoms with E-state index < -0.39 is 0 Å². The van der Waals surface area contributed by atoms with Crippen LogP contribution >= 0.6 is 0 Å². The van der Waals surface area contributed by atoms with Crippen LogP contribution < -0.4 is 0 Å². The van der Waals surface area contributed by atoms with Gasteiger partial charge in [-0.25, -0.2) is 0 Å². The zero-order valence-corrected chi connectivity index (χ0v) is 16.3. The van der Waals surface area contributed by atoms with E-state index in [4.69, 9.17) is 0 Å². The van der Waals surface area contributed by atoms with Crippen LogP contribution in [0.4, 0.5) is 0 Å². The normalized spacial score (nSPS) is 21.0. The summed E-state index contributed by atoms with van der Waals surface area (Å²) in [6.45, 7) is 6.78. The molecule has 0 radical (unpaired) electrons. The van der Waals surface area contributed by atoms with E-state index in [2.05, 4.69) is 117 Å². The molecule has 0 fully saturated rings. The predicted octanol–water partition coefficient (Wildman–Crippen LogP) is 4.14. The van der Waals surface area contributed by atoms with Gasteiger partial charge in [-0.05, 0) is 31.9 Å². The summed E-state index contributed by atoms with van der Waals surface area (Å²) in [5, 5.41) is 0. The van der Waals surface area contributed by atoms with Gasteiger partial charge in [0.1, 0.15) is 12.1 Å². The molecule has 0 N–H and O–H groups in total. The van der Waals surface area contributed by atoms with E-state index in [1.807, 2.05) is 0 Å². The van der Waals surface area contributed by atoms with Crippen molar-refractivity contribution in [1.29, 1.82) is 0 Å². The lowest BCUT2D eigenvalue weighted by molar-refractivity contribution is -0.543. The maximum absolute atomic E-state index is 2.43. The molecule has 0 spiro atoms. The van der Waals surface area contributed by atoms with Crippen LogP contribution in [0.5, 0.6) is 0 Å². The highest BCUT2D eigenvalue weighted by atomic mass is 15.5. The summed E-state index contributed by atoms with van der Waals surface area (Å²) in [6, 6.07) is 22.3. The highest BCUT2D eigenvalue weighted by Gasteiger charge is 2.48. The molecule has 1 heterocycles. The van der Waals surface area contributed by atoms with Crippen molar-refractivity contribution in [1.82, 2.24) is 9.80 Å². The van der Waals surface area contributed by atoms with Crippen LogP contribution in [0.15, 0.2) is 60.7 Å². The van der Waals surface area contributed by atoms with E-state index in [1.54, 1.807) is 0 Å². The molecule has 1 aliphatic rings. The van der Waals surface area contributed by atoms with Crippen LogP contribution in [0.25, 0.3) is 0 Å². The van der Waals surface area contributed by atoms with Gasteiger partial charge in [0.05, 0.1) is 26.7 Å².